The van der Waals surface area contributed by atoms with E-state index in [9.17, 15) is 14.0 Å². The second kappa shape index (κ2) is 7.73. The summed E-state index contributed by atoms with van der Waals surface area (Å²) in [6, 6.07) is 6.09. The zero-order valence-electron chi connectivity index (χ0n) is 11.9. The quantitative estimate of drug-likeness (QED) is 0.782. The zero-order valence-corrected chi connectivity index (χ0v) is 11.9. The lowest BCUT2D eigenvalue weighted by Gasteiger charge is -2.32. The van der Waals surface area contributed by atoms with E-state index in [-0.39, 0.29) is 11.7 Å². The van der Waals surface area contributed by atoms with Gasteiger partial charge in [-0.3, -0.25) is 14.5 Å². The third-order valence-corrected chi connectivity index (χ3v) is 3.61. The van der Waals surface area contributed by atoms with E-state index in [1.54, 1.807) is 17.0 Å². The van der Waals surface area contributed by atoms with Gasteiger partial charge in [0.1, 0.15) is 5.82 Å². The van der Waals surface area contributed by atoms with E-state index in [4.69, 9.17) is 0 Å². The van der Waals surface area contributed by atoms with E-state index in [2.05, 4.69) is 10.2 Å². The molecule has 0 radical (unpaired) electrons. The molecule has 0 unspecified atom stereocenters. The fraction of sp³-hybridized carbons (Fsp3) is 0.467. The molecule has 1 aromatic carbocycles. The Hall–Kier alpha value is -1.95. The first-order chi connectivity index (χ1) is 10.2. The first-order valence-corrected chi connectivity index (χ1v) is 7.10. The number of nitrogens with zero attached hydrogens (tertiary/aromatic N) is 2. The summed E-state index contributed by atoms with van der Waals surface area (Å²) in [5, 5.41) is 2.82. The molecule has 1 N–H and O–H groups in total. The van der Waals surface area contributed by atoms with Crippen molar-refractivity contribution in [1.82, 2.24) is 15.1 Å². The van der Waals surface area contributed by atoms with Crippen LogP contribution in [0.5, 0.6) is 0 Å². The van der Waals surface area contributed by atoms with Crippen LogP contribution >= 0.6 is 0 Å². The first-order valence-electron chi connectivity index (χ1n) is 7.10. The van der Waals surface area contributed by atoms with Crippen LogP contribution in [0.3, 0.4) is 0 Å². The molecular weight excluding hydrogens is 273 g/mol. The smallest absolute Gasteiger partial charge is 0.221 e. The lowest BCUT2D eigenvalue weighted by atomic mass is 10.2. The number of benzene rings is 1. The minimum atomic E-state index is -0.278. The Labute approximate surface area is 123 Å². The Morgan fingerprint density at radius 3 is 2.48 bits per heavy atom. The van der Waals surface area contributed by atoms with E-state index in [0.29, 0.717) is 19.5 Å². The molecule has 1 heterocycles. The number of hydrogen-bond acceptors (Lipinski definition) is 3. The van der Waals surface area contributed by atoms with Gasteiger partial charge in [0.2, 0.25) is 12.3 Å². The minimum absolute atomic E-state index is 0.0165. The summed E-state index contributed by atoms with van der Waals surface area (Å²) in [7, 11) is 0. The number of nitrogens with one attached hydrogen (secondary N) is 1. The van der Waals surface area contributed by atoms with Crippen LogP contribution in [0.4, 0.5) is 4.39 Å². The van der Waals surface area contributed by atoms with Gasteiger partial charge >= 0.3 is 0 Å². The highest BCUT2D eigenvalue weighted by Gasteiger charge is 2.15. The Morgan fingerprint density at radius 1 is 1.19 bits per heavy atom. The van der Waals surface area contributed by atoms with Crippen LogP contribution in [0.2, 0.25) is 0 Å². The van der Waals surface area contributed by atoms with E-state index in [1.807, 2.05) is 0 Å². The van der Waals surface area contributed by atoms with Crippen LogP contribution in [-0.2, 0) is 16.1 Å². The molecule has 1 aliphatic rings. The Kier molecular flexibility index (Phi) is 5.68. The fourth-order valence-corrected chi connectivity index (χ4v) is 2.24. The van der Waals surface area contributed by atoms with Crippen molar-refractivity contribution in [2.24, 2.45) is 0 Å². The molecule has 6 heteroatoms. The summed E-state index contributed by atoms with van der Waals surface area (Å²) in [6.45, 7) is 4.18. The molecule has 114 valence electrons. The van der Waals surface area contributed by atoms with Gasteiger partial charge in [0.25, 0.3) is 0 Å². The van der Waals surface area contributed by atoms with Gasteiger partial charge in [-0.05, 0) is 17.7 Å². The van der Waals surface area contributed by atoms with Crippen LogP contribution < -0.4 is 5.32 Å². The molecular formula is C15H20FN3O2. The van der Waals surface area contributed by atoms with Crippen LogP contribution in [0.1, 0.15) is 12.0 Å². The van der Waals surface area contributed by atoms with Crippen LogP contribution in [0.15, 0.2) is 24.3 Å². The normalized spacial score (nSPS) is 15.8. The van der Waals surface area contributed by atoms with Crippen molar-refractivity contribution < 1.29 is 14.0 Å². The lowest BCUT2D eigenvalue weighted by molar-refractivity contribution is -0.123. The van der Waals surface area contributed by atoms with Crippen molar-refractivity contribution in [1.29, 1.82) is 0 Å². The summed E-state index contributed by atoms with van der Waals surface area (Å²) >= 11 is 0. The number of amides is 2. The lowest BCUT2D eigenvalue weighted by Crippen LogP contribution is -2.46. The average molecular weight is 293 g/mol. The van der Waals surface area contributed by atoms with Gasteiger partial charge < -0.3 is 10.2 Å². The third kappa shape index (κ3) is 5.15. The largest absolute Gasteiger partial charge is 0.352 e. The van der Waals surface area contributed by atoms with E-state index >= 15 is 0 Å². The van der Waals surface area contributed by atoms with E-state index < -0.39 is 0 Å². The van der Waals surface area contributed by atoms with E-state index in [1.165, 1.54) is 12.1 Å². The number of carbonyl (C=O) groups is 2. The molecule has 0 bridgehead atoms. The monoisotopic (exact) mass is 293 g/mol. The molecule has 1 fully saturated rings. The van der Waals surface area contributed by atoms with Gasteiger partial charge in [0.15, 0.2) is 0 Å². The molecule has 1 saturated heterocycles. The highest BCUT2D eigenvalue weighted by Crippen LogP contribution is 2.03. The number of hydrogen-bond donors (Lipinski definition) is 1. The fourth-order valence-electron chi connectivity index (χ4n) is 2.24. The number of rotatable bonds is 6. The third-order valence-electron chi connectivity index (χ3n) is 3.61. The second-order valence-electron chi connectivity index (χ2n) is 5.14. The van der Waals surface area contributed by atoms with Gasteiger partial charge in [0, 0.05) is 45.7 Å². The van der Waals surface area contributed by atoms with Crippen molar-refractivity contribution in [3.05, 3.63) is 35.6 Å². The summed E-state index contributed by atoms with van der Waals surface area (Å²) in [6.07, 6.45) is 1.30. The van der Waals surface area contributed by atoms with Crippen LogP contribution in [-0.4, -0.2) is 54.8 Å². The van der Waals surface area contributed by atoms with Gasteiger partial charge in [0.05, 0.1) is 0 Å². The van der Waals surface area contributed by atoms with Gasteiger partial charge in [-0.25, -0.2) is 4.39 Å². The van der Waals surface area contributed by atoms with Crippen molar-refractivity contribution >= 4 is 12.3 Å². The molecule has 21 heavy (non-hydrogen) atoms. The van der Waals surface area contributed by atoms with Gasteiger partial charge in [-0.15, -0.1) is 0 Å². The van der Waals surface area contributed by atoms with Crippen molar-refractivity contribution in [2.45, 2.75) is 13.0 Å². The van der Waals surface area contributed by atoms with Crippen molar-refractivity contribution in [2.75, 3.05) is 32.7 Å². The molecule has 0 spiro atoms. The Balaban J connectivity index is 1.63. The summed E-state index contributed by atoms with van der Waals surface area (Å²) in [5.74, 6) is -0.295. The highest BCUT2D eigenvalue weighted by molar-refractivity contribution is 5.76. The molecule has 1 aliphatic heterocycles. The first kappa shape index (κ1) is 15.4. The molecule has 0 saturated carbocycles. The summed E-state index contributed by atoms with van der Waals surface area (Å²) in [5.41, 5.74) is 0.879. The maximum Gasteiger partial charge on any atom is 0.221 e. The van der Waals surface area contributed by atoms with Crippen molar-refractivity contribution in [3.8, 4) is 0 Å². The minimum Gasteiger partial charge on any atom is -0.352 e. The predicted molar refractivity (Wildman–Crippen MR) is 76.9 cm³/mol. The molecule has 2 rings (SSSR count). The Morgan fingerprint density at radius 2 is 1.86 bits per heavy atom. The standard InChI is InChI=1S/C15H20FN3O2/c16-14-3-1-13(2-4-14)11-17-15(21)5-6-18-7-9-19(12-20)10-8-18/h1-4,12H,5-11H2,(H,17,21). The predicted octanol–water partition coefficient (Wildman–Crippen LogP) is 0.606. The number of carbonyl (C=O) groups excluding carboxylic acids is 2. The van der Waals surface area contributed by atoms with Crippen LogP contribution in [0.25, 0.3) is 0 Å². The molecule has 2 amide bonds. The number of piperazine rings is 1. The molecule has 0 aliphatic carbocycles. The van der Waals surface area contributed by atoms with E-state index in [0.717, 1.165) is 38.2 Å². The molecule has 1 aromatic rings. The SMILES string of the molecule is O=CN1CCN(CCC(=O)NCc2ccc(F)cc2)CC1. The summed E-state index contributed by atoms with van der Waals surface area (Å²) in [4.78, 5) is 26.3. The molecule has 0 atom stereocenters. The van der Waals surface area contributed by atoms with Gasteiger partial charge in [-0.2, -0.15) is 0 Å². The Bertz CT molecular complexity index is 470. The van der Waals surface area contributed by atoms with Gasteiger partial charge in [-0.1, -0.05) is 12.1 Å². The van der Waals surface area contributed by atoms with Crippen molar-refractivity contribution in [3.63, 3.8) is 0 Å². The average Bonchev–Trinajstić information content (AvgIpc) is 2.53. The molecule has 0 aromatic heterocycles. The summed E-state index contributed by atoms with van der Waals surface area (Å²) < 4.78 is 12.7. The molecule has 5 nitrogen and oxygen atoms in total. The maximum atomic E-state index is 12.7. The highest BCUT2D eigenvalue weighted by atomic mass is 19.1. The zero-order chi connectivity index (χ0) is 15.1. The van der Waals surface area contributed by atoms with Crippen LogP contribution in [0, 0.1) is 5.82 Å². The second-order valence-corrected chi connectivity index (χ2v) is 5.14. The maximum absolute atomic E-state index is 12.7. The topological polar surface area (TPSA) is 52.7 Å². The number of halogens is 1.